The van der Waals surface area contributed by atoms with Crippen LogP contribution in [0.25, 0.3) is 0 Å². The van der Waals surface area contributed by atoms with Gasteiger partial charge in [0, 0.05) is 23.0 Å². The normalized spacial score (nSPS) is 19.1. The third-order valence-electron chi connectivity index (χ3n) is 5.86. The summed E-state index contributed by atoms with van der Waals surface area (Å²) in [5.74, 6) is -3.51. The quantitative estimate of drug-likeness (QED) is 0.609. The van der Waals surface area contributed by atoms with E-state index in [9.17, 15) is 23.2 Å². The number of hydrogen-bond acceptors (Lipinski definition) is 4. The highest BCUT2D eigenvalue weighted by atomic mass is 32.2. The van der Waals surface area contributed by atoms with Gasteiger partial charge in [-0.05, 0) is 37.3 Å². The number of nitrogens with zero attached hydrogens (tertiary/aromatic N) is 2. The minimum atomic E-state index is -1.51. The molecule has 1 saturated heterocycles. The second kappa shape index (κ2) is 8.25. The van der Waals surface area contributed by atoms with Crippen LogP contribution >= 0.6 is 11.8 Å². The molecule has 0 aliphatic carbocycles. The van der Waals surface area contributed by atoms with E-state index in [0.717, 1.165) is 29.5 Å². The third kappa shape index (κ3) is 3.43. The lowest BCUT2D eigenvalue weighted by Gasteiger charge is -2.33. The van der Waals surface area contributed by atoms with E-state index in [4.69, 9.17) is 0 Å². The number of halogens is 2. The first-order valence-corrected chi connectivity index (χ1v) is 11.5. The maximum atomic E-state index is 14.0. The molecule has 3 aromatic carbocycles. The van der Waals surface area contributed by atoms with Crippen LogP contribution in [0.2, 0.25) is 0 Å². The van der Waals surface area contributed by atoms with Crippen molar-refractivity contribution in [2.45, 2.75) is 11.8 Å². The first-order chi connectivity index (χ1) is 16.3. The van der Waals surface area contributed by atoms with Crippen molar-refractivity contribution >= 4 is 46.5 Å². The minimum absolute atomic E-state index is 0.0253. The molecular formula is C25H19F2N3O3S. The number of aryl methyl sites for hydroxylation is 1. The van der Waals surface area contributed by atoms with Crippen molar-refractivity contribution in [2.75, 3.05) is 27.4 Å². The molecule has 3 amide bonds. The molecule has 6 nitrogen and oxygen atoms in total. The largest absolute Gasteiger partial charge is 0.325 e. The number of para-hydroxylation sites is 1. The summed E-state index contributed by atoms with van der Waals surface area (Å²) in [6, 6.07) is 17.2. The van der Waals surface area contributed by atoms with Gasteiger partial charge < -0.3 is 5.32 Å². The van der Waals surface area contributed by atoms with Crippen molar-refractivity contribution in [3.05, 3.63) is 89.5 Å². The summed E-state index contributed by atoms with van der Waals surface area (Å²) in [7, 11) is 0. The number of thioether (sulfide) groups is 1. The summed E-state index contributed by atoms with van der Waals surface area (Å²) < 4.78 is 27.6. The van der Waals surface area contributed by atoms with Crippen molar-refractivity contribution in [3.63, 3.8) is 0 Å². The topological polar surface area (TPSA) is 69.7 Å². The molecule has 1 N–H and O–H groups in total. The van der Waals surface area contributed by atoms with E-state index in [1.165, 1.54) is 15.9 Å². The zero-order valence-corrected chi connectivity index (χ0v) is 18.9. The van der Waals surface area contributed by atoms with E-state index in [0.29, 0.717) is 16.9 Å². The Labute approximate surface area is 198 Å². The van der Waals surface area contributed by atoms with Gasteiger partial charge >= 0.3 is 0 Å². The molecule has 34 heavy (non-hydrogen) atoms. The Kier molecular flexibility index (Phi) is 5.36. The van der Waals surface area contributed by atoms with Crippen molar-refractivity contribution in [1.29, 1.82) is 0 Å². The Morgan fingerprint density at radius 2 is 1.76 bits per heavy atom. The maximum absolute atomic E-state index is 14.0. The van der Waals surface area contributed by atoms with Crippen molar-refractivity contribution in [1.82, 2.24) is 0 Å². The average Bonchev–Trinajstić information content (AvgIpc) is 3.28. The molecule has 172 valence electrons. The Morgan fingerprint density at radius 3 is 2.50 bits per heavy atom. The smallest absolute Gasteiger partial charge is 0.269 e. The highest BCUT2D eigenvalue weighted by Gasteiger charge is 2.61. The highest BCUT2D eigenvalue weighted by molar-refractivity contribution is 8.02. The predicted molar refractivity (Wildman–Crippen MR) is 127 cm³/mol. The molecule has 5 rings (SSSR count). The van der Waals surface area contributed by atoms with Crippen LogP contribution in [0.3, 0.4) is 0 Å². The number of benzene rings is 3. The van der Waals surface area contributed by atoms with Gasteiger partial charge in [-0.25, -0.2) is 8.78 Å². The van der Waals surface area contributed by atoms with Gasteiger partial charge in [0.15, 0.2) is 11.6 Å². The lowest BCUT2D eigenvalue weighted by molar-refractivity contribution is -0.124. The number of rotatable bonds is 4. The average molecular weight is 480 g/mol. The molecule has 9 heteroatoms. The molecule has 0 bridgehead atoms. The number of anilines is 3. The van der Waals surface area contributed by atoms with E-state index in [2.05, 4.69) is 5.32 Å². The molecule has 3 aromatic rings. The molecule has 1 fully saturated rings. The van der Waals surface area contributed by atoms with Gasteiger partial charge in [-0.3, -0.25) is 24.2 Å². The van der Waals surface area contributed by atoms with Crippen LogP contribution in [0.1, 0.15) is 11.1 Å². The molecule has 2 aliphatic heterocycles. The van der Waals surface area contributed by atoms with E-state index < -0.39 is 34.2 Å². The minimum Gasteiger partial charge on any atom is -0.325 e. The third-order valence-corrected chi connectivity index (χ3v) is 7.25. The van der Waals surface area contributed by atoms with Gasteiger partial charge in [-0.2, -0.15) is 0 Å². The summed E-state index contributed by atoms with van der Waals surface area (Å²) in [5.41, 5.74) is 2.72. The summed E-state index contributed by atoms with van der Waals surface area (Å²) in [4.78, 5) is 40.6. The van der Waals surface area contributed by atoms with E-state index in [1.807, 2.05) is 19.1 Å². The lowest BCUT2D eigenvalue weighted by Crippen LogP contribution is -2.51. The van der Waals surface area contributed by atoms with Gasteiger partial charge in [0.2, 0.25) is 16.7 Å². The Balaban J connectivity index is 1.52. The number of nitrogens with one attached hydrogen (secondary N) is 1. The summed E-state index contributed by atoms with van der Waals surface area (Å²) in [6.45, 7) is 1.66. The molecule has 0 saturated carbocycles. The Morgan fingerprint density at radius 1 is 1.03 bits per heavy atom. The molecule has 0 radical (unpaired) electrons. The monoisotopic (exact) mass is 479 g/mol. The SMILES string of the molecule is Cc1ccc(NC(=O)CN2C(=O)[C@]3(SCC(=O)N3c3ccc(F)c(F)c3)c3ccccc32)cc1. The number of fused-ring (bicyclic) bond motifs is 2. The van der Waals surface area contributed by atoms with Crippen LogP contribution in [0.15, 0.2) is 66.7 Å². The fraction of sp³-hybridized carbons (Fsp3) is 0.160. The molecule has 0 unspecified atom stereocenters. The van der Waals surface area contributed by atoms with Crippen LogP contribution in [-0.4, -0.2) is 30.0 Å². The summed E-state index contributed by atoms with van der Waals surface area (Å²) in [6.07, 6.45) is 0. The number of carbonyl (C=O) groups excluding carboxylic acids is 3. The fourth-order valence-electron chi connectivity index (χ4n) is 4.32. The second-order valence-electron chi connectivity index (χ2n) is 8.08. The van der Waals surface area contributed by atoms with Gasteiger partial charge in [-0.15, -0.1) is 11.8 Å². The van der Waals surface area contributed by atoms with Crippen LogP contribution in [0.4, 0.5) is 25.8 Å². The second-order valence-corrected chi connectivity index (χ2v) is 9.25. The van der Waals surface area contributed by atoms with Crippen LogP contribution in [-0.2, 0) is 19.3 Å². The Hall–Kier alpha value is -3.72. The molecule has 0 aromatic heterocycles. The van der Waals surface area contributed by atoms with E-state index in [1.54, 1.807) is 36.4 Å². The zero-order valence-electron chi connectivity index (χ0n) is 18.0. The molecule has 1 spiro atoms. The molecule has 2 heterocycles. The summed E-state index contributed by atoms with van der Waals surface area (Å²) >= 11 is 1.10. The fourth-order valence-corrected chi connectivity index (χ4v) is 5.68. The molecule has 2 aliphatic rings. The van der Waals surface area contributed by atoms with Gasteiger partial charge in [-0.1, -0.05) is 35.9 Å². The molecular weight excluding hydrogens is 460 g/mol. The standard InChI is InChI=1S/C25H19F2N3O3S/c1-15-6-8-16(9-7-15)28-22(31)13-29-21-5-3-2-4-18(21)25(24(29)33)30(23(32)14-34-25)17-10-11-19(26)20(27)12-17/h2-12H,13-14H2,1H3,(H,28,31)/t25-/m1/s1. The predicted octanol–water partition coefficient (Wildman–Crippen LogP) is 4.19. The van der Waals surface area contributed by atoms with E-state index in [-0.39, 0.29) is 18.0 Å². The van der Waals surface area contributed by atoms with Gasteiger partial charge in [0.05, 0.1) is 11.4 Å². The highest BCUT2D eigenvalue weighted by Crippen LogP contribution is 2.55. The van der Waals surface area contributed by atoms with E-state index >= 15 is 0 Å². The van der Waals surface area contributed by atoms with Crippen LogP contribution in [0.5, 0.6) is 0 Å². The van der Waals surface area contributed by atoms with Crippen molar-refractivity contribution in [2.24, 2.45) is 0 Å². The van der Waals surface area contributed by atoms with Crippen LogP contribution < -0.4 is 15.1 Å². The molecule has 1 atom stereocenters. The van der Waals surface area contributed by atoms with Crippen molar-refractivity contribution < 1.29 is 23.2 Å². The zero-order chi connectivity index (χ0) is 24.0. The number of hydrogen-bond donors (Lipinski definition) is 1. The first kappa shape index (κ1) is 22.1. The van der Waals surface area contributed by atoms with Crippen molar-refractivity contribution in [3.8, 4) is 0 Å². The van der Waals surface area contributed by atoms with Gasteiger partial charge in [0.1, 0.15) is 6.54 Å². The maximum Gasteiger partial charge on any atom is 0.269 e. The Bertz CT molecular complexity index is 1330. The summed E-state index contributed by atoms with van der Waals surface area (Å²) in [5, 5.41) is 2.78. The number of amides is 3. The lowest BCUT2D eigenvalue weighted by atomic mass is 10.0. The van der Waals surface area contributed by atoms with Crippen LogP contribution in [0, 0.1) is 18.6 Å². The number of carbonyl (C=O) groups is 3. The van der Waals surface area contributed by atoms with Gasteiger partial charge in [0.25, 0.3) is 5.91 Å². The first-order valence-electron chi connectivity index (χ1n) is 10.5.